The molecule has 0 aromatic carbocycles. The van der Waals surface area contributed by atoms with Crippen LogP contribution in [-0.2, 0) is 0 Å². The first-order valence-electron chi connectivity index (χ1n) is 14.1. The van der Waals surface area contributed by atoms with Crippen LogP contribution in [0.2, 0.25) is 0 Å². The normalized spacial score (nSPS) is 42.5. The molecular formula is C30H54. The molecule has 0 N–H and O–H groups in total. The van der Waals surface area contributed by atoms with E-state index >= 15 is 0 Å². The average Bonchev–Trinajstić information content (AvgIpc) is 3.08. The van der Waals surface area contributed by atoms with Gasteiger partial charge in [0.25, 0.3) is 0 Å². The first kappa shape index (κ1) is 24.4. The van der Waals surface area contributed by atoms with E-state index in [4.69, 9.17) is 0 Å². The van der Waals surface area contributed by atoms with Crippen LogP contribution in [0.3, 0.4) is 0 Å². The van der Waals surface area contributed by atoms with Gasteiger partial charge in [-0.3, -0.25) is 0 Å². The van der Waals surface area contributed by atoms with Crippen molar-refractivity contribution in [3.63, 3.8) is 0 Å². The van der Waals surface area contributed by atoms with Crippen molar-refractivity contribution >= 4 is 0 Å². The fraction of sp³-hybridized carbons (Fsp3) is 0.933. The molecule has 3 fully saturated rings. The van der Waals surface area contributed by atoms with E-state index in [0.29, 0.717) is 10.8 Å². The predicted octanol–water partition coefficient (Wildman–Crippen LogP) is 9.83. The Kier molecular flexibility index (Phi) is 8.23. The summed E-state index contributed by atoms with van der Waals surface area (Å²) in [4.78, 5) is 0. The van der Waals surface area contributed by atoms with Crippen molar-refractivity contribution in [2.75, 3.05) is 0 Å². The lowest BCUT2D eigenvalue weighted by Crippen LogP contribution is -2.50. The number of allylic oxidation sites excluding steroid dienone is 2. The van der Waals surface area contributed by atoms with Crippen molar-refractivity contribution in [3.8, 4) is 0 Å². The molecule has 0 nitrogen and oxygen atoms in total. The van der Waals surface area contributed by atoms with Gasteiger partial charge < -0.3 is 0 Å². The Bertz CT molecular complexity index is 571. The molecule has 0 bridgehead atoms. The molecule has 30 heavy (non-hydrogen) atoms. The Morgan fingerprint density at radius 1 is 0.967 bits per heavy atom. The van der Waals surface area contributed by atoms with Crippen LogP contribution in [0, 0.1) is 46.3 Å². The summed E-state index contributed by atoms with van der Waals surface area (Å²) in [5, 5.41) is 0. The Hall–Kier alpha value is -0.260. The maximum atomic E-state index is 2.77. The lowest BCUT2D eigenvalue weighted by Gasteiger charge is -2.58. The molecule has 0 heterocycles. The van der Waals surface area contributed by atoms with Gasteiger partial charge in [0.05, 0.1) is 0 Å². The topological polar surface area (TPSA) is 0 Å². The SMILES string of the molecule is CC.CCC1CCC2(C)C(=CCC3C2CCC2(C)C(CCCCC(C)C)CCC32)C1. The summed E-state index contributed by atoms with van der Waals surface area (Å²) in [5.74, 6) is 5.93. The van der Waals surface area contributed by atoms with E-state index in [9.17, 15) is 0 Å². The highest BCUT2D eigenvalue weighted by Crippen LogP contribution is 2.67. The fourth-order valence-corrected chi connectivity index (χ4v) is 8.61. The van der Waals surface area contributed by atoms with Gasteiger partial charge in [-0.25, -0.2) is 0 Å². The maximum Gasteiger partial charge on any atom is -0.00851 e. The van der Waals surface area contributed by atoms with Gasteiger partial charge in [-0.1, -0.05) is 85.8 Å². The Morgan fingerprint density at radius 2 is 1.73 bits per heavy atom. The van der Waals surface area contributed by atoms with Crippen LogP contribution in [-0.4, -0.2) is 0 Å². The van der Waals surface area contributed by atoms with Crippen LogP contribution >= 0.6 is 0 Å². The Labute approximate surface area is 190 Å². The second-order valence-corrected chi connectivity index (χ2v) is 12.3. The number of hydrogen-bond acceptors (Lipinski definition) is 0. The van der Waals surface area contributed by atoms with Gasteiger partial charge in [0.1, 0.15) is 0 Å². The summed E-state index contributed by atoms with van der Waals surface area (Å²) in [5.41, 5.74) is 3.12. The van der Waals surface area contributed by atoms with Crippen LogP contribution in [0.25, 0.3) is 0 Å². The van der Waals surface area contributed by atoms with Crippen LogP contribution in [0.4, 0.5) is 0 Å². The van der Waals surface area contributed by atoms with Crippen LogP contribution < -0.4 is 0 Å². The van der Waals surface area contributed by atoms with E-state index in [0.717, 1.165) is 35.5 Å². The summed E-state index contributed by atoms with van der Waals surface area (Å²) in [6, 6.07) is 0. The molecule has 0 aromatic rings. The number of hydrogen-bond donors (Lipinski definition) is 0. The molecule has 0 amide bonds. The van der Waals surface area contributed by atoms with E-state index in [2.05, 4.69) is 40.7 Å². The van der Waals surface area contributed by atoms with Crippen molar-refractivity contribution in [1.29, 1.82) is 0 Å². The lowest BCUT2D eigenvalue weighted by molar-refractivity contribution is -0.0456. The molecule has 174 valence electrons. The van der Waals surface area contributed by atoms with Crippen molar-refractivity contribution < 1.29 is 0 Å². The molecule has 4 aliphatic rings. The van der Waals surface area contributed by atoms with E-state index in [1.54, 1.807) is 6.42 Å². The second kappa shape index (κ2) is 10.1. The predicted molar refractivity (Wildman–Crippen MR) is 134 cm³/mol. The zero-order valence-electron chi connectivity index (χ0n) is 21.7. The second-order valence-electron chi connectivity index (χ2n) is 12.3. The van der Waals surface area contributed by atoms with Crippen LogP contribution in [0.5, 0.6) is 0 Å². The fourth-order valence-electron chi connectivity index (χ4n) is 8.61. The molecule has 0 aromatic heterocycles. The zero-order valence-corrected chi connectivity index (χ0v) is 21.7. The number of unbranched alkanes of at least 4 members (excludes halogenated alkanes) is 1. The van der Waals surface area contributed by atoms with Crippen molar-refractivity contribution in [2.24, 2.45) is 46.3 Å². The average molecular weight is 415 g/mol. The molecule has 7 atom stereocenters. The quantitative estimate of drug-likeness (QED) is 0.299. The lowest BCUT2D eigenvalue weighted by atomic mass is 9.47. The molecule has 0 aliphatic heterocycles. The summed E-state index contributed by atoms with van der Waals surface area (Å²) in [6.07, 6.45) is 22.0. The van der Waals surface area contributed by atoms with Crippen molar-refractivity contribution in [3.05, 3.63) is 11.6 Å². The standard InChI is InChI=1S/C28H48.C2H6/c1-6-21-15-17-28(5)23(19-21)11-13-24-25-14-12-22(10-8-7-9-20(2)3)27(25,4)18-16-26(24)28;1-2/h11,20-22,24-26H,6-10,12-19H2,1-5H3;1-2H3. The summed E-state index contributed by atoms with van der Waals surface area (Å²) in [7, 11) is 0. The highest BCUT2D eigenvalue weighted by Gasteiger charge is 2.58. The minimum absolute atomic E-state index is 0.561. The largest absolute Gasteiger partial charge is 0.0845 e. The molecule has 4 aliphatic carbocycles. The van der Waals surface area contributed by atoms with Gasteiger partial charge in [-0.2, -0.15) is 0 Å². The van der Waals surface area contributed by atoms with Crippen molar-refractivity contribution in [1.82, 2.24) is 0 Å². The molecule has 0 radical (unpaired) electrons. The van der Waals surface area contributed by atoms with Gasteiger partial charge >= 0.3 is 0 Å². The summed E-state index contributed by atoms with van der Waals surface area (Å²) >= 11 is 0. The molecule has 0 saturated heterocycles. The monoisotopic (exact) mass is 414 g/mol. The highest BCUT2D eigenvalue weighted by molar-refractivity contribution is 5.25. The Balaban J connectivity index is 0.00000124. The van der Waals surface area contributed by atoms with E-state index < -0.39 is 0 Å². The van der Waals surface area contributed by atoms with Crippen LogP contribution in [0.1, 0.15) is 132 Å². The third-order valence-electron chi connectivity index (χ3n) is 10.6. The smallest absolute Gasteiger partial charge is 0.00851 e. The van der Waals surface area contributed by atoms with Gasteiger partial charge in [-0.05, 0) is 104 Å². The molecule has 7 unspecified atom stereocenters. The third-order valence-corrected chi connectivity index (χ3v) is 10.6. The van der Waals surface area contributed by atoms with E-state index in [1.807, 2.05) is 19.4 Å². The molecular weight excluding hydrogens is 360 g/mol. The van der Waals surface area contributed by atoms with E-state index in [1.165, 1.54) is 77.0 Å². The summed E-state index contributed by atoms with van der Waals surface area (Å²) < 4.78 is 0. The molecule has 0 spiro atoms. The van der Waals surface area contributed by atoms with Gasteiger partial charge in [-0.15, -0.1) is 0 Å². The molecule has 0 heteroatoms. The first-order chi connectivity index (χ1) is 14.4. The summed E-state index contributed by atoms with van der Waals surface area (Å²) in [6.45, 7) is 16.6. The first-order valence-corrected chi connectivity index (χ1v) is 14.1. The van der Waals surface area contributed by atoms with Gasteiger partial charge in [0.2, 0.25) is 0 Å². The third kappa shape index (κ3) is 4.45. The van der Waals surface area contributed by atoms with Crippen molar-refractivity contribution in [2.45, 2.75) is 132 Å². The van der Waals surface area contributed by atoms with Gasteiger partial charge in [0.15, 0.2) is 0 Å². The number of fused-ring (bicyclic) bond motifs is 5. The highest BCUT2D eigenvalue weighted by atomic mass is 14.6. The zero-order chi connectivity index (χ0) is 21.9. The van der Waals surface area contributed by atoms with Gasteiger partial charge in [0, 0.05) is 0 Å². The maximum absolute atomic E-state index is 2.77. The molecule has 3 saturated carbocycles. The van der Waals surface area contributed by atoms with E-state index in [-0.39, 0.29) is 0 Å². The molecule has 4 rings (SSSR count). The minimum Gasteiger partial charge on any atom is -0.0845 e. The minimum atomic E-state index is 0.561. The Morgan fingerprint density at radius 3 is 2.43 bits per heavy atom. The number of rotatable bonds is 6. The van der Waals surface area contributed by atoms with Crippen LogP contribution in [0.15, 0.2) is 11.6 Å².